The first-order valence-electron chi connectivity index (χ1n) is 11.0. The number of aryl methyl sites for hydroxylation is 1. The summed E-state index contributed by atoms with van der Waals surface area (Å²) in [6.45, 7) is 2.39. The number of oxazole rings is 1. The number of methoxy groups -OCH3 is 1. The number of rotatable bonds is 10. The molecule has 3 heterocycles. The third kappa shape index (κ3) is 5.61. The van der Waals surface area contributed by atoms with Crippen molar-refractivity contribution in [3.05, 3.63) is 48.5 Å². The zero-order valence-electron chi connectivity index (χ0n) is 18.3. The fourth-order valence-corrected chi connectivity index (χ4v) is 5.31. The van der Waals surface area contributed by atoms with Gasteiger partial charge in [-0.25, -0.2) is 4.98 Å². The van der Waals surface area contributed by atoms with E-state index in [4.69, 9.17) is 9.15 Å². The van der Waals surface area contributed by atoms with Gasteiger partial charge >= 0.3 is 5.97 Å². The lowest BCUT2D eigenvalue weighted by Gasteiger charge is -2.36. The quantitative estimate of drug-likeness (QED) is 0.451. The Morgan fingerprint density at radius 3 is 3.00 bits per heavy atom. The molecule has 0 unspecified atom stereocenters. The Hall–Kier alpha value is -2.58. The summed E-state index contributed by atoms with van der Waals surface area (Å²) in [5, 5.41) is 11.6. The number of carboxylic acid groups (broad SMARTS) is 1. The molecule has 32 heavy (non-hydrogen) atoms. The van der Waals surface area contributed by atoms with E-state index in [1.165, 1.54) is 5.56 Å². The summed E-state index contributed by atoms with van der Waals surface area (Å²) >= 11 is 1.57. The molecule has 0 aliphatic carbocycles. The molecule has 3 aromatic rings. The highest BCUT2D eigenvalue weighted by atomic mass is 32.2. The monoisotopic (exact) mass is 455 g/mol. The Labute approximate surface area is 192 Å². The number of benzene rings is 1. The smallest absolute Gasteiger partial charge is 0.308 e. The van der Waals surface area contributed by atoms with Crippen LogP contribution in [-0.2, 0) is 11.2 Å². The molecule has 0 bridgehead atoms. The Morgan fingerprint density at radius 1 is 1.31 bits per heavy atom. The normalized spacial score (nSPS) is 19.3. The molecule has 1 saturated heterocycles. The predicted molar refractivity (Wildman–Crippen MR) is 124 cm³/mol. The molecule has 0 radical (unpaired) electrons. The molecule has 0 spiro atoms. The number of piperidine rings is 1. The van der Waals surface area contributed by atoms with Gasteiger partial charge in [0.2, 0.25) is 0 Å². The molecule has 1 aliphatic heterocycles. The number of hydrogen-bond donors (Lipinski definition) is 1. The Balaban J connectivity index is 1.30. The van der Waals surface area contributed by atoms with E-state index in [-0.39, 0.29) is 11.8 Å². The van der Waals surface area contributed by atoms with E-state index in [0.29, 0.717) is 11.8 Å². The minimum atomic E-state index is -0.681. The number of hydrogen-bond acceptors (Lipinski definition) is 7. The predicted octanol–water partition coefficient (Wildman–Crippen LogP) is 4.37. The van der Waals surface area contributed by atoms with Crippen molar-refractivity contribution in [3.8, 4) is 5.75 Å². The molecule has 170 valence electrons. The van der Waals surface area contributed by atoms with Crippen molar-refractivity contribution in [1.29, 1.82) is 0 Å². The Bertz CT molecular complexity index is 1030. The third-order valence-electron chi connectivity index (χ3n) is 6.26. The molecule has 7 nitrogen and oxygen atoms in total. The van der Waals surface area contributed by atoms with Gasteiger partial charge in [0.15, 0.2) is 0 Å². The lowest BCUT2D eigenvalue weighted by molar-refractivity contribution is -0.146. The second kappa shape index (κ2) is 10.8. The summed E-state index contributed by atoms with van der Waals surface area (Å²) in [6.07, 6.45) is 8.77. The number of carboxylic acids is 1. The minimum Gasteiger partial charge on any atom is -0.497 e. The average Bonchev–Trinajstić information content (AvgIpc) is 3.33. The topological polar surface area (TPSA) is 88.7 Å². The molecule has 0 saturated carbocycles. The average molecular weight is 456 g/mol. The molecule has 1 aromatic carbocycles. The molecule has 2 aromatic heterocycles. The number of aromatic nitrogens is 2. The number of aliphatic carboxylic acids is 1. The summed E-state index contributed by atoms with van der Waals surface area (Å²) in [4.78, 5) is 22.8. The molecule has 1 N–H and O–H groups in total. The fraction of sp³-hybridized carbons (Fsp3) is 0.458. The van der Waals surface area contributed by atoms with E-state index < -0.39 is 5.97 Å². The first-order chi connectivity index (χ1) is 15.6. The van der Waals surface area contributed by atoms with Crippen LogP contribution in [0.4, 0.5) is 0 Å². The maximum absolute atomic E-state index is 12.0. The van der Waals surface area contributed by atoms with Crippen LogP contribution in [0.15, 0.2) is 52.6 Å². The van der Waals surface area contributed by atoms with Gasteiger partial charge in [-0.1, -0.05) is 11.8 Å². The zero-order valence-corrected chi connectivity index (χ0v) is 19.1. The summed E-state index contributed by atoms with van der Waals surface area (Å²) in [5.74, 6) is 0.886. The van der Waals surface area contributed by atoms with Gasteiger partial charge in [0, 0.05) is 30.4 Å². The summed E-state index contributed by atoms with van der Waals surface area (Å²) < 4.78 is 10.6. The van der Waals surface area contributed by atoms with Gasteiger partial charge in [-0.05, 0) is 68.0 Å². The number of likely N-dealkylation sites (tertiary alicyclic amines) is 1. The molecule has 1 fully saturated rings. The zero-order chi connectivity index (χ0) is 22.3. The van der Waals surface area contributed by atoms with Crippen molar-refractivity contribution >= 4 is 28.6 Å². The fourth-order valence-electron chi connectivity index (χ4n) is 4.52. The number of nitrogens with zero attached hydrogens (tertiary/aromatic N) is 3. The van der Waals surface area contributed by atoms with Crippen LogP contribution in [-0.4, -0.2) is 58.4 Å². The number of carbonyl (C=O) groups is 1. The van der Waals surface area contributed by atoms with Crippen LogP contribution < -0.4 is 4.74 Å². The van der Waals surface area contributed by atoms with Gasteiger partial charge in [0.1, 0.15) is 12.0 Å². The van der Waals surface area contributed by atoms with Gasteiger partial charge in [-0.15, -0.1) is 0 Å². The SMILES string of the molecule is COc1ccc2nccc(CCC[C@@H]3CCN(CCSc4ncco4)C[C@@H]3C(=O)O)c2c1. The highest BCUT2D eigenvalue weighted by Gasteiger charge is 2.33. The van der Waals surface area contributed by atoms with E-state index in [0.717, 1.165) is 61.2 Å². The van der Waals surface area contributed by atoms with Crippen molar-refractivity contribution in [2.24, 2.45) is 11.8 Å². The third-order valence-corrected chi connectivity index (χ3v) is 7.10. The van der Waals surface area contributed by atoms with Gasteiger partial charge in [0.05, 0.1) is 24.7 Å². The molecule has 0 amide bonds. The van der Waals surface area contributed by atoms with Crippen LogP contribution in [0.5, 0.6) is 5.75 Å². The van der Waals surface area contributed by atoms with Crippen LogP contribution in [0.25, 0.3) is 10.9 Å². The van der Waals surface area contributed by atoms with Crippen LogP contribution in [0.2, 0.25) is 0 Å². The van der Waals surface area contributed by atoms with Crippen LogP contribution >= 0.6 is 11.8 Å². The van der Waals surface area contributed by atoms with E-state index in [1.54, 1.807) is 31.3 Å². The number of ether oxygens (including phenoxy) is 1. The summed E-state index contributed by atoms with van der Waals surface area (Å²) in [5.41, 5.74) is 2.20. The minimum absolute atomic E-state index is 0.214. The second-order valence-electron chi connectivity index (χ2n) is 8.19. The number of thioether (sulfide) groups is 1. The molecule has 8 heteroatoms. The van der Waals surface area contributed by atoms with E-state index in [2.05, 4.69) is 20.9 Å². The lowest BCUT2D eigenvalue weighted by Crippen LogP contribution is -2.44. The van der Waals surface area contributed by atoms with Crippen LogP contribution in [0.3, 0.4) is 0 Å². The van der Waals surface area contributed by atoms with Crippen LogP contribution in [0.1, 0.15) is 24.8 Å². The molecular weight excluding hydrogens is 426 g/mol. The lowest BCUT2D eigenvalue weighted by atomic mass is 9.81. The van der Waals surface area contributed by atoms with Gasteiger partial charge in [0.25, 0.3) is 5.22 Å². The highest BCUT2D eigenvalue weighted by molar-refractivity contribution is 7.99. The second-order valence-corrected chi connectivity index (χ2v) is 9.23. The van der Waals surface area contributed by atoms with E-state index >= 15 is 0 Å². The maximum Gasteiger partial charge on any atom is 0.308 e. The Kier molecular flexibility index (Phi) is 7.65. The molecule has 1 aliphatic rings. The first kappa shape index (κ1) is 22.6. The highest BCUT2D eigenvalue weighted by Crippen LogP contribution is 2.30. The number of fused-ring (bicyclic) bond motifs is 1. The largest absolute Gasteiger partial charge is 0.497 e. The van der Waals surface area contributed by atoms with Crippen molar-refractivity contribution in [2.75, 3.05) is 32.5 Å². The van der Waals surface area contributed by atoms with Crippen molar-refractivity contribution in [2.45, 2.75) is 30.9 Å². The van der Waals surface area contributed by atoms with Gasteiger partial charge in [-0.2, -0.15) is 0 Å². The van der Waals surface area contributed by atoms with Gasteiger partial charge < -0.3 is 19.2 Å². The molecule has 2 atom stereocenters. The van der Waals surface area contributed by atoms with Crippen molar-refractivity contribution < 1.29 is 19.1 Å². The van der Waals surface area contributed by atoms with E-state index in [1.807, 2.05) is 24.4 Å². The first-order valence-corrected chi connectivity index (χ1v) is 12.0. The molecular formula is C24H29N3O4S. The molecule has 4 rings (SSSR count). The summed E-state index contributed by atoms with van der Waals surface area (Å²) in [7, 11) is 1.67. The van der Waals surface area contributed by atoms with Crippen LogP contribution in [0, 0.1) is 11.8 Å². The van der Waals surface area contributed by atoms with Crippen molar-refractivity contribution in [3.63, 3.8) is 0 Å². The number of pyridine rings is 1. The van der Waals surface area contributed by atoms with Crippen molar-refractivity contribution in [1.82, 2.24) is 14.9 Å². The van der Waals surface area contributed by atoms with Gasteiger partial charge in [-0.3, -0.25) is 9.78 Å². The summed E-state index contributed by atoms with van der Waals surface area (Å²) in [6, 6.07) is 8.00. The maximum atomic E-state index is 12.0. The van der Waals surface area contributed by atoms with E-state index in [9.17, 15) is 9.90 Å². The standard InChI is InChI=1S/C24H29N3O4S/c1-30-19-5-6-22-20(15-19)17(7-9-25-22)3-2-4-18-8-11-27(16-21(18)23(28)29)12-14-32-24-26-10-13-31-24/h5-7,9-10,13,15,18,21H,2-4,8,11-12,14,16H2,1H3,(H,28,29)/t18-,21+/m1/s1. The Morgan fingerprint density at radius 2 is 2.22 bits per heavy atom.